The molecule has 1 amide bonds. The van der Waals surface area contributed by atoms with Gasteiger partial charge in [-0.2, -0.15) is 0 Å². The second-order valence-electron chi connectivity index (χ2n) is 6.50. The van der Waals surface area contributed by atoms with Crippen molar-refractivity contribution in [2.45, 2.75) is 44.6 Å². The van der Waals surface area contributed by atoms with Gasteiger partial charge in [0, 0.05) is 23.0 Å². The van der Waals surface area contributed by atoms with Crippen molar-refractivity contribution in [1.29, 1.82) is 0 Å². The monoisotopic (exact) mass is 413 g/mol. The highest BCUT2D eigenvalue weighted by Gasteiger charge is 2.28. The Hall–Kier alpha value is -1.64. The molecular weight excluding hydrogens is 394 g/mol. The summed E-state index contributed by atoms with van der Waals surface area (Å²) in [5.41, 5.74) is 1.22. The second kappa shape index (κ2) is 7.17. The van der Waals surface area contributed by atoms with Gasteiger partial charge in [0.2, 0.25) is 0 Å². The molecule has 0 radical (unpaired) electrons. The zero-order chi connectivity index (χ0) is 19.1. The number of nitrogens with zero attached hydrogens (tertiary/aromatic N) is 2. The molecular formula is C17H20ClN3O3S2. The molecule has 1 aliphatic rings. The first-order valence-corrected chi connectivity index (χ1v) is 11.0. The van der Waals surface area contributed by atoms with Crippen molar-refractivity contribution in [2.75, 3.05) is 11.3 Å². The lowest BCUT2D eigenvalue weighted by Gasteiger charge is -2.19. The normalized spacial score (nSPS) is 17.5. The quantitative estimate of drug-likeness (QED) is 0.825. The first kappa shape index (κ1) is 19.1. The molecule has 6 nitrogen and oxygen atoms in total. The molecule has 0 spiro atoms. The van der Waals surface area contributed by atoms with Gasteiger partial charge < -0.3 is 4.90 Å². The Balaban J connectivity index is 1.82. The molecule has 1 atom stereocenters. The number of anilines is 1. The van der Waals surface area contributed by atoms with E-state index in [0.29, 0.717) is 27.7 Å². The highest BCUT2D eigenvalue weighted by Crippen LogP contribution is 2.27. The van der Waals surface area contributed by atoms with Crippen LogP contribution in [0.3, 0.4) is 0 Å². The molecule has 1 N–H and O–H groups in total. The highest BCUT2D eigenvalue weighted by molar-refractivity contribution is 7.92. The van der Waals surface area contributed by atoms with Crippen LogP contribution in [-0.2, 0) is 10.0 Å². The number of hydrogen-bond donors (Lipinski definition) is 1. The fourth-order valence-electron chi connectivity index (χ4n) is 3.01. The van der Waals surface area contributed by atoms with Crippen LogP contribution in [0.4, 0.5) is 5.82 Å². The molecule has 2 heterocycles. The maximum absolute atomic E-state index is 12.7. The van der Waals surface area contributed by atoms with E-state index >= 15 is 0 Å². The first-order valence-electron chi connectivity index (χ1n) is 8.25. The molecule has 1 aromatic heterocycles. The van der Waals surface area contributed by atoms with Crippen LogP contribution in [0.25, 0.3) is 0 Å². The largest absolute Gasteiger partial charge is 0.334 e. The smallest absolute Gasteiger partial charge is 0.283 e. The van der Waals surface area contributed by atoms with Gasteiger partial charge >= 0.3 is 0 Å². The van der Waals surface area contributed by atoms with Crippen molar-refractivity contribution >= 4 is 44.7 Å². The van der Waals surface area contributed by atoms with Crippen LogP contribution in [0.5, 0.6) is 0 Å². The number of hydrogen-bond acceptors (Lipinski definition) is 5. The molecule has 1 saturated heterocycles. The number of halogens is 1. The third-order valence-corrected chi connectivity index (χ3v) is 7.22. The third-order valence-electron chi connectivity index (χ3n) is 4.49. The van der Waals surface area contributed by atoms with Crippen molar-refractivity contribution in [2.24, 2.45) is 0 Å². The summed E-state index contributed by atoms with van der Waals surface area (Å²) in [5, 5.41) is 2.35. The summed E-state index contributed by atoms with van der Waals surface area (Å²) >= 11 is 7.18. The van der Waals surface area contributed by atoms with E-state index in [-0.39, 0.29) is 22.7 Å². The number of rotatable bonds is 4. The van der Waals surface area contributed by atoms with Crippen LogP contribution < -0.4 is 4.72 Å². The van der Waals surface area contributed by atoms with Crippen LogP contribution in [0.2, 0.25) is 5.02 Å². The van der Waals surface area contributed by atoms with E-state index in [4.69, 9.17) is 11.6 Å². The topological polar surface area (TPSA) is 79.4 Å². The fourth-order valence-corrected chi connectivity index (χ4v) is 5.31. The van der Waals surface area contributed by atoms with Gasteiger partial charge in [-0.15, -0.1) is 11.3 Å². The lowest BCUT2D eigenvalue weighted by molar-refractivity contribution is 0.0747. The zero-order valence-electron chi connectivity index (χ0n) is 14.7. The van der Waals surface area contributed by atoms with Crippen molar-refractivity contribution in [3.05, 3.63) is 38.7 Å². The average Bonchev–Trinajstić information content (AvgIpc) is 3.18. The fraction of sp³-hybridized carbons (Fsp3) is 0.412. The second-order valence-corrected chi connectivity index (χ2v) is 9.42. The molecule has 1 fully saturated rings. The van der Waals surface area contributed by atoms with Crippen molar-refractivity contribution in [3.8, 4) is 0 Å². The molecule has 0 aliphatic carbocycles. The van der Waals surface area contributed by atoms with E-state index in [0.717, 1.165) is 24.2 Å². The van der Waals surface area contributed by atoms with Crippen LogP contribution in [0.1, 0.15) is 40.7 Å². The van der Waals surface area contributed by atoms with Gasteiger partial charge in [0.15, 0.2) is 10.8 Å². The number of aromatic nitrogens is 1. The summed E-state index contributed by atoms with van der Waals surface area (Å²) in [4.78, 5) is 18.6. The molecule has 26 heavy (non-hydrogen) atoms. The van der Waals surface area contributed by atoms with E-state index < -0.39 is 10.0 Å². The van der Waals surface area contributed by atoms with Gasteiger partial charge in [-0.25, -0.2) is 13.4 Å². The number of aryl methyl sites for hydroxylation is 2. The standard InChI is InChI=1S/C17H20ClN3O3S2/c1-10-8-14(11(2)7-13(10)18)26(23,24)20-15-9-25-16(19-15)17(22)21-6-4-5-12(21)3/h7-9,12,20H,4-6H2,1-3H3/t12-/m0/s1. The lowest BCUT2D eigenvalue weighted by Crippen LogP contribution is -2.33. The zero-order valence-corrected chi connectivity index (χ0v) is 17.1. The van der Waals surface area contributed by atoms with Crippen molar-refractivity contribution in [3.63, 3.8) is 0 Å². The number of carbonyl (C=O) groups is 1. The van der Waals surface area contributed by atoms with E-state index in [1.165, 1.54) is 6.07 Å². The van der Waals surface area contributed by atoms with Crippen molar-refractivity contribution < 1.29 is 13.2 Å². The minimum atomic E-state index is -3.81. The number of carbonyl (C=O) groups excluding carboxylic acids is 1. The van der Waals surface area contributed by atoms with Crippen LogP contribution in [-0.4, -0.2) is 36.8 Å². The molecule has 9 heteroatoms. The summed E-state index contributed by atoms with van der Waals surface area (Å²) in [7, 11) is -3.81. The first-order chi connectivity index (χ1) is 12.2. The number of amides is 1. The van der Waals surface area contributed by atoms with E-state index in [1.807, 2.05) is 6.92 Å². The summed E-state index contributed by atoms with van der Waals surface area (Å²) in [6, 6.07) is 3.34. The van der Waals surface area contributed by atoms with Crippen LogP contribution in [0, 0.1) is 13.8 Å². The van der Waals surface area contributed by atoms with E-state index in [1.54, 1.807) is 30.2 Å². The molecule has 0 unspecified atom stereocenters. The van der Waals surface area contributed by atoms with Crippen molar-refractivity contribution in [1.82, 2.24) is 9.88 Å². The Morgan fingerprint density at radius 2 is 2.08 bits per heavy atom. The SMILES string of the molecule is Cc1cc(S(=O)(=O)Nc2csc(C(=O)N3CCC[C@@H]3C)n2)c(C)cc1Cl. The summed E-state index contributed by atoms with van der Waals surface area (Å²) in [5.74, 6) is 0.00108. The van der Waals surface area contributed by atoms with Crippen LogP contribution >= 0.6 is 22.9 Å². The van der Waals surface area contributed by atoms with Gasteiger partial charge in [-0.1, -0.05) is 11.6 Å². The Labute approximate surface area is 162 Å². The molecule has 0 saturated carbocycles. The molecule has 140 valence electrons. The lowest BCUT2D eigenvalue weighted by atomic mass is 10.2. The molecule has 2 aromatic rings. The van der Waals surface area contributed by atoms with Gasteiger partial charge in [-0.05, 0) is 56.9 Å². The van der Waals surface area contributed by atoms with Gasteiger partial charge in [0.25, 0.3) is 15.9 Å². The maximum atomic E-state index is 12.7. The third kappa shape index (κ3) is 3.72. The summed E-state index contributed by atoms with van der Waals surface area (Å²) in [6.45, 7) is 6.15. The average molecular weight is 414 g/mol. The minimum absolute atomic E-state index is 0.147. The maximum Gasteiger partial charge on any atom is 0.283 e. The number of benzene rings is 1. The Kier molecular flexibility index (Phi) is 5.28. The number of thiazole rings is 1. The number of nitrogens with one attached hydrogen (secondary N) is 1. The van der Waals surface area contributed by atoms with E-state index in [9.17, 15) is 13.2 Å². The van der Waals surface area contributed by atoms with Crippen LogP contribution in [0.15, 0.2) is 22.4 Å². The Morgan fingerprint density at radius 1 is 1.35 bits per heavy atom. The summed E-state index contributed by atoms with van der Waals surface area (Å²) < 4.78 is 27.8. The highest BCUT2D eigenvalue weighted by atomic mass is 35.5. The summed E-state index contributed by atoms with van der Waals surface area (Å²) in [6.07, 6.45) is 1.96. The molecule has 0 bridgehead atoms. The minimum Gasteiger partial charge on any atom is -0.334 e. The molecule has 1 aliphatic heterocycles. The Bertz CT molecular complexity index is 956. The molecule has 3 rings (SSSR count). The predicted octanol–water partition coefficient (Wildman–Crippen LogP) is 3.84. The number of sulfonamides is 1. The predicted molar refractivity (Wildman–Crippen MR) is 104 cm³/mol. The van der Waals surface area contributed by atoms with E-state index in [2.05, 4.69) is 9.71 Å². The number of likely N-dealkylation sites (tertiary alicyclic amines) is 1. The van der Waals surface area contributed by atoms with Gasteiger partial charge in [-0.3, -0.25) is 9.52 Å². The molecule has 1 aromatic carbocycles. The van der Waals surface area contributed by atoms with Gasteiger partial charge in [0.05, 0.1) is 4.90 Å². The Morgan fingerprint density at radius 3 is 2.73 bits per heavy atom. The van der Waals surface area contributed by atoms with Gasteiger partial charge in [0.1, 0.15) is 0 Å².